The summed E-state index contributed by atoms with van der Waals surface area (Å²) in [6.45, 7) is 20.7. The Morgan fingerprint density at radius 3 is 1.34 bits per heavy atom. The number of hydrogen-bond acceptors (Lipinski definition) is 4. The fourth-order valence-corrected chi connectivity index (χ4v) is 3.90. The molecule has 0 aliphatic carbocycles. The molecule has 0 amide bonds. The summed E-state index contributed by atoms with van der Waals surface area (Å²) in [5.74, 6) is 0. The van der Waals surface area contributed by atoms with Crippen LogP contribution in [0.15, 0.2) is 12.7 Å². The van der Waals surface area contributed by atoms with Crippen molar-refractivity contribution in [1.82, 2.24) is 0 Å². The summed E-state index contributed by atoms with van der Waals surface area (Å²) in [6.07, 6.45) is 11.6. The molecule has 0 saturated carbocycles. The molecular formula is C23H44B2O4. The molecule has 2 saturated heterocycles. The molecule has 2 heterocycles. The lowest BCUT2D eigenvalue weighted by Crippen LogP contribution is -2.41. The van der Waals surface area contributed by atoms with Crippen molar-refractivity contribution in [2.45, 2.75) is 135 Å². The third-order valence-corrected chi connectivity index (χ3v) is 7.44. The minimum Gasteiger partial charge on any atom is -0.403 e. The van der Waals surface area contributed by atoms with E-state index in [0.29, 0.717) is 0 Å². The summed E-state index contributed by atoms with van der Waals surface area (Å²) in [4.78, 5) is 0. The van der Waals surface area contributed by atoms with Crippen LogP contribution in [-0.2, 0) is 18.6 Å². The molecule has 166 valence electrons. The number of allylic oxidation sites excluding steroid dienone is 1. The van der Waals surface area contributed by atoms with E-state index in [1.54, 1.807) is 0 Å². The predicted molar refractivity (Wildman–Crippen MR) is 123 cm³/mol. The van der Waals surface area contributed by atoms with Gasteiger partial charge in [0.25, 0.3) is 0 Å². The number of rotatable bonds is 11. The van der Waals surface area contributed by atoms with Gasteiger partial charge in [0, 0.05) is 5.72 Å². The van der Waals surface area contributed by atoms with Crippen LogP contribution in [0.2, 0.25) is 5.72 Å². The van der Waals surface area contributed by atoms with E-state index in [4.69, 9.17) is 18.6 Å². The number of unbranched alkanes of at least 4 members (excludes halogenated alkanes) is 6. The van der Waals surface area contributed by atoms with Crippen molar-refractivity contribution in [2.24, 2.45) is 0 Å². The Morgan fingerprint density at radius 2 is 0.966 bits per heavy atom. The molecule has 2 aliphatic heterocycles. The Hall–Kier alpha value is -0.290. The first kappa shape index (κ1) is 25.0. The summed E-state index contributed by atoms with van der Waals surface area (Å²) >= 11 is 0. The quantitative estimate of drug-likeness (QED) is 0.226. The Bertz CT molecular complexity index is 477. The molecule has 0 atom stereocenters. The molecule has 0 N–H and O–H groups in total. The van der Waals surface area contributed by atoms with Crippen LogP contribution in [0.3, 0.4) is 0 Å². The van der Waals surface area contributed by atoms with Crippen LogP contribution >= 0.6 is 0 Å². The fraction of sp³-hybridized carbons (Fsp3) is 0.913. The second-order valence-electron chi connectivity index (χ2n) is 10.9. The Kier molecular flexibility index (Phi) is 8.15. The molecular weight excluding hydrogens is 362 g/mol. The molecule has 4 nitrogen and oxygen atoms in total. The molecule has 0 aromatic carbocycles. The van der Waals surface area contributed by atoms with Crippen LogP contribution in [0.5, 0.6) is 0 Å². The highest BCUT2D eigenvalue weighted by molar-refractivity contribution is 6.68. The normalized spacial score (nSPS) is 24.4. The van der Waals surface area contributed by atoms with E-state index >= 15 is 0 Å². The summed E-state index contributed by atoms with van der Waals surface area (Å²) in [5, 5.41) is 0. The van der Waals surface area contributed by atoms with Gasteiger partial charge in [-0.05, 0) is 68.2 Å². The molecule has 0 aromatic rings. The summed E-state index contributed by atoms with van der Waals surface area (Å²) in [7, 11) is -0.607. The SMILES string of the molecule is C=CCCCCCCCCC(B1OC(C)(C)C(C)(C)O1)B1OC(C)(C)C(C)(C)O1. The largest absolute Gasteiger partial charge is 0.458 e. The minimum atomic E-state index is -0.343. The van der Waals surface area contributed by atoms with Gasteiger partial charge in [-0.1, -0.05) is 44.6 Å². The van der Waals surface area contributed by atoms with E-state index in [-0.39, 0.29) is 42.4 Å². The minimum absolute atomic E-state index is 0.0675. The summed E-state index contributed by atoms with van der Waals surface area (Å²) in [5.41, 5.74) is -1.30. The predicted octanol–water partition coefficient (Wildman–Crippen LogP) is 6.39. The zero-order valence-corrected chi connectivity index (χ0v) is 20.3. The third-order valence-electron chi connectivity index (χ3n) is 7.44. The molecule has 2 rings (SSSR count). The van der Waals surface area contributed by atoms with E-state index in [2.05, 4.69) is 62.0 Å². The summed E-state index contributed by atoms with van der Waals surface area (Å²) in [6, 6.07) is 0. The van der Waals surface area contributed by atoms with Crippen LogP contribution in [0.4, 0.5) is 0 Å². The zero-order chi connectivity index (χ0) is 21.9. The summed E-state index contributed by atoms with van der Waals surface area (Å²) < 4.78 is 25.6. The smallest absolute Gasteiger partial charge is 0.403 e. The van der Waals surface area contributed by atoms with Crippen molar-refractivity contribution in [2.75, 3.05) is 0 Å². The van der Waals surface area contributed by atoms with Gasteiger partial charge in [-0.3, -0.25) is 0 Å². The topological polar surface area (TPSA) is 36.9 Å². The van der Waals surface area contributed by atoms with Gasteiger partial charge in [-0.2, -0.15) is 0 Å². The second-order valence-corrected chi connectivity index (χ2v) is 10.9. The average Bonchev–Trinajstić information content (AvgIpc) is 2.92. The van der Waals surface area contributed by atoms with Crippen molar-refractivity contribution >= 4 is 14.2 Å². The Balaban J connectivity index is 1.97. The van der Waals surface area contributed by atoms with Crippen LogP contribution in [0, 0.1) is 0 Å². The molecule has 0 unspecified atom stereocenters. The molecule has 0 radical (unpaired) electrons. The van der Waals surface area contributed by atoms with Gasteiger partial charge < -0.3 is 18.6 Å². The zero-order valence-electron chi connectivity index (χ0n) is 20.3. The van der Waals surface area contributed by atoms with Crippen molar-refractivity contribution < 1.29 is 18.6 Å². The Morgan fingerprint density at radius 1 is 0.621 bits per heavy atom. The highest BCUT2D eigenvalue weighted by Gasteiger charge is 2.61. The van der Waals surface area contributed by atoms with E-state index in [1.807, 2.05) is 6.08 Å². The van der Waals surface area contributed by atoms with Crippen molar-refractivity contribution in [3.8, 4) is 0 Å². The first-order valence-electron chi connectivity index (χ1n) is 11.7. The van der Waals surface area contributed by atoms with Crippen LogP contribution in [-0.4, -0.2) is 36.6 Å². The maximum atomic E-state index is 6.41. The number of hydrogen-bond donors (Lipinski definition) is 0. The van der Waals surface area contributed by atoms with Crippen LogP contribution in [0.1, 0.15) is 107 Å². The van der Waals surface area contributed by atoms with Gasteiger partial charge in [0.15, 0.2) is 0 Å². The molecule has 2 fully saturated rings. The van der Waals surface area contributed by atoms with Gasteiger partial charge in [0.2, 0.25) is 0 Å². The van der Waals surface area contributed by atoms with Crippen LogP contribution in [0.25, 0.3) is 0 Å². The van der Waals surface area contributed by atoms with Gasteiger partial charge in [-0.15, -0.1) is 6.58 Å². The first-order valence-corrected chi connectivity index (χ1v) is 11.7. The maximum absolute atomic E-state index is 6.41. The lowest BCUT2D eigenvalue weighted by Gasteiger charge is -2.32. The van der Waals surface area contributed by atoms with Crippen LogP contribution < -0.4 is 0 Å². The highest BCUT2D eigenvalue weighted by Crippen LogP contribution is 2.46. The fourth-order valence-electron chi connectivity index (χ4n) is 3.90. The highest BCUT2D eigenvalue weighted by atomic mass is 16.7. The average molecular weight is 406 g/mol. The molecule has 29 heavy (non-hydrogen) atoms. The molecule has 6 heteroatoms. The van der Waals surface area contributed by atoms with Crippen molar-refractivity contribution in [3.05, 3.63) is 12.7 Å². The van der Waals surface area contributed by atoms with Gasteiger partial charge in [0.1, 0.15) is 0 Å². The standard InChI is InChI=1S/C23H44B2O4/c1-10-11-12-13-14-15-16-17-18-19(24-26-20(2,3)21(4,5)27-24)25-28-22(6,7)23(8,9)29-25/h10,19H,1,11-18H2,2-9H3. The van der Waals surface area contributed by atoms with E-state index in [0.717, 1.165) is 19.3 Å². The van der Waals surface area contributed by atoms with Crippen molar-refractivity contribution in [1.29, 1.82) is 0 Å². The third kappa shape index (κ3) is 5.90. The monoisotopic (exact) mass is 406 g/mol. The van der Waals surface area contributed by atoms with Gasteiger partial charge >= 0.3 is 14.2 Å². The molecule has 2 aliphatic rings. The second kappa shape index (κ2) is 9.46. The van der Waals surface area contributed by atoms with Gasteiger partial charge in [0.05, 0.1) is 22.4 Å². The molecule has 0 spiro atoms. The van der Waals surface area contributed by atoms with E-state index in [1.165, 1.54) is 32.1 Å². The lowest BCUT2D eigenvalue weighted by molar-refractivity contribution is 0.00578. The van der Waals surface area contributed by atoms with E-state index < -0.39 is 0 Å². The Labute approximate surface area is 180 Å². The first-order chi connectivity index (χ1) is 13.3. The molecule has 0 bridgehead atoms. The lowest BCUT2D eigenvalue weighted by atomic mass is 9.50. The van der Waals surface area contributed by atoms with E-state index in [9.17, 15) is 0 Å². The maximum Gasteiger partial charge on any atom is 0.458 e. The van der Waals surface area contributed by atoms with Gasteiger partial charge in [-0.25, -0.2) is 0 Å². The van der Waals surface area contributed by atoms with Crippen molar-refractivity contribution in [3.63, 3.8) is 0 Å². The molecule has 0 aromatic heterocycles.